The van der Waals surface area contributed by atoms with Gasteiger partial charge in [-0.05, 0) is 61.6 Å². The largest absolute Gasteiger partial charge is 0.545 e. The summed E-state index contributed by atoms with van der Waals surface area (Å²) in [7, 11) is 0. The molecule has 0 heterocycles. The molecule has 3 unspecified atom stereocenters. The maximum atomic E-state index is 14.0. The highest BCUT2D eigenvalue weighted by Crippen LogP contribution is 2.55. The van der Waals surface area contributed by atoms with Gasteiger partial charge in [-0.1, -0.05) is 13.8 Å². The van der Waals surface area contributed by atoms with Crippen LogP contribution in [0.25, 0.3) is 0 Å². The molecule has 0 N–H and O–H groups in total. The van der Waals surface area contributed by atoms with Crippen LogP contribution in [0.4, 0.5) is 4.39 Å². The van der Waals surface area contributed by atoms with Gasteiger partial charge < -0.3 is 14.6 Å². The van der Waals surface area contributed by atoms with Crippen molar-refractivity contribution in [2.45, 2.75) is 45.1 Å². The first-order valence-corrected chi connectivity index (χ1v) is 7.62. The molecule has 0 saturated heterocycles. The zero-order valence-corrected chi connectivity index (χ0v) is 12.4. The van der Waals surface area contributed by atoms with E-state index < -0.39 is 11.8 Å². The molecule has 2 saturated carbocycles. The van der Waals surface area contributed by atoms with Gasteiger partial charge in [-0.25, -0.2) is 4.39 Å². The number of fused-ring (bicyclic) bond motifs is 2. The zero-order chi connectivity index (χ0) is 15.2. The number of hydrogen-bond donors (Lipinski definition) is 0. The van der Waals surface area contributed by atoms with Gasteiger partial charge in [0.1, 0.15) is 5.60 Å². The molecule has 2 aliphatic rings. The van der Waals surface area contributed by atoms with Crippen molar-refractivity contribution in [3.8, 4) is 5.75 Å². The molecule has 114 valence electrons. The molecular formula is C17H20FO3-. The molecule has 3 nitrogen and oxygen atoms in total. The maximum Gasteiger partial charge on any atom is 0.165 e. The highest BCUT2D eigenvalue weighted by atomic mass is 19.1. The van der Waals surface area contributed by atoms with Gasteiger partial charge >= 0.3 is 0 Å². The predicted molar refractivity (Wildman–Crippen MR) is 74.4 cm³/mol. The van der Waals surface area contributed by atoms with E-state index in [1.54, 1.807) is 0 Å². The number of ether oxygens (including phenoxy) is 1. The van der Waals surface area contributed by atoms with E-state index in [-0.39, 0.29) is 22.8 Å². The van der Waals surface area contributed by atoms with Crippen LogP contribution in [0.3, 0.4) is 0 Å². The van der Waals surface area contributed by atoms with Crippen LogP contribution < -0.4 is 9.84 Å². The predicted octanol–water partition coefficient (Wildman–Crippen LogP) is 2.78. The van der Waals surface area contributed by atoms with Gasteiger partial charge in [-0.3, -0.25) is 0 Å². The summed E-state index contributed by atoms with van der Waals surface area (Å²) < 4.78 is 20.1. The van der Waals surface area contributed by atoms with Crippen LogP contribution in [0.5, 0.6) is 5.75 Å². The molecule has 3 rings (SSSR count). The van der Waals surface area contributed by atoms with Gasteiger partial charge in [0, 0.05) is 5.56 Å². The van der Waals surface area contributed by atoms with Gasteiger partial charge in [-0.2, -0.15) is 0 Å². The van der Waals surface area contributed by atoms with E-state index >= 15 is 0 Å². The lowest BCUT2D eigenvalue weighted by molar-refractivity contribution is -0.255. The van der Waals surface area contributed by atoms with Crippen LogP contribution in [0, 0.1) is 23.6 Å². The lowest BCUT2D eigenvalue weighted by atomic mass is 9.76. The van der Waals surface area contributed by atoms with Crippen LogP contribution >= 0.6 is 0 Å². The molecule has 21 heavy (non-hydrogen) atoms. The van der Waals surface area contributed by atoms with E-state index in [1.165, 1.54) is 18.6 Å². The van der Waals surface area contributed by atoms with Gasteiger partial charge in [0.05, 0.1) is 5.97 Å². The number of carboxylic acid groups (broad SMARTS) is 1. The third kappa shape index (κ3) is 2.30. The van der Waals surface area contributed by atoms with Crippen molar-refractivity contribution in [1.82, 2.24) is 0 Å². The molecule has 0 spiro atoms. The highest BCUT2D eigenvalue weighted by molar-refractivity contribution is 5.86. The number of rotatable bonds is 4. The Morgan fingerprint density at radius 1 is 1.43 bits per heavy atom. The second-order valence-electron chi connectivity index (χ2n) is 6.72. The second kappa shape index (κ2) is 5.00. The average molecular weight is 291 g/mol. The summed E-state index contributed by atoms with van der Waals surface area (Å²) in [4.78, 5) is 11.0. The third-order valence-electron chi connectivity index (χ3n) is 5.28. The Labute approximate surface area is 124 Å². The number of aromatic carboxylic acids is 1. The van der Waals surface area contributed by atoms with Gasteiger partial charge in [0.15, 0.2) is 11.6 Å². The second-order valence-corrected chi connectivity index (χ2v) is 6.72. The van der Waals surface area contributed by atoms with Crippen LogP contribution in [0.1, 0.15) is 49.9 Å². The van der Waals surface area contributed by atoms with Crippen molar-refractivity contribution in [3.05, 3.63) is 29.6 Å². The van der Waals surface area contributed by atoms with Gasteiger partial charge in [-0.15, -0.1) is 0 Å². The summed E-state index contributed by atoms with van der Waals surface area (Å²) in [5.41, 5.74) is -0.414. The minimum Gasteiger partial charge on any atom is -0.545 e. The maximum absolute atomic E-state index is 14.0. The summed E-state index contributed by atoms with van der Waals surface area (Å²) in [5.74, 6) is -0.427. The normalized spacial score (nSPS) is 30.9. The smallest absolute Gasteiger partial charge is 0.165 e. The number of hydrogen-bond acceptors (Lipinski definition) is 3. The zero-order valence-electron chi connectivity index (χ0n) is 12.4. The number of halogens is 1. The number of carboxylic acids is 1. The Morgan fingerprint density at radius 2 is 2.19 bits per heavy atom. The molecule has 0 radical (unpaired) electrons. The van der Waals surface area contributed by atoms with E-state index in [9.17, 15) is 14.3 Å². The van der Waals surface area contributed by atoms with Gasteiger partial charge in [0.25, 0.3) is 0 Å². The SMILES string of the molecule is CC(C)C1(Oc2cc(C(=O)[O-])ccc2F)CC2CCC1C2. The molecule has 2 bridgehead atoms. The first-order chi connectivity index (χ1) is 9.92. The van der Waals surface area contributed by atoms with Crippen molar-refractivity contribution >= 4 is 5.97 Å². The first kappa shape index (κ1) is 14.4. The van der Waals surface area contributed by atoms with E-state index in [2.05, 4.69) is 13.8 Å². The Morgan fingerprint density at radius 3 is 2.71 bits per heavy atom. The van der Waals surface area contributed by atoms with Crippen molar-refractivity contribution in [3.63, 3.8) is 0 Å². The van der Waals surface area contributed by atoms with E-state index in [1.807, 2.05) is 0 Å². The molecule has 0 aromatic heterocycles. The van der Waals surface area contributed by atoms with Crippen molar-refractivity contribution in [1.29, 1.82) is 0 Å². The van der Waals surface area contributed by atoms with E-state index in [0.717, 1.165) is 25.3 Å². The summed E-state index contributed by atoms with van der Waals surface area (Å²) in [5, 5.41) is 11.0. The van der Waals surface area contributed by atoms with Crippen LogP contribution in [-0.4, -0.2) is 11.6 Å². The summed E-state index contributed by atoms with van der Waals surface area (Å²) >= 11 is 0. The topological polar surface area (TPSA) is 49.4 Å². The quantitative estimate of drug-likeness (QED) is 0.857. The molecule has 3 atom stereocenters. The fourth-order valence-electron chi connectivity index (χ4n) is 4.19. The van der Waals surface area contributed by atoms with Crippen LogP contribution in [0.2, 0.25) is 0 Å². The number of carbonyl (C=O) groups excluding carboxylic acids is 1. The minimum atomic E-state index is -1.31. The Bertz CT molecular complexity index is 569. The Kier molecular flexibility index (Phi) is 3.42. The third-order valence-corrected chi connectivity index (χ3v) is 5.28. The Hall–Kier alpha value is -1.58. The highest BCUT2D eigenvalue weighted by Gasteiger charge is 2.54. The summed E-state index contributed by atoms with van der Waals surface area (Å²) in [6.07, 6.45) is 4.42. The van der Waals surface area contributed by atoms with Gasteiger partial charge in [0.2, 0.25) is 0 Å². The minimum absolute atomic E-state index is 0.0398. The molecule has 2 aliphatic carbocycles. The molecule has 1 aromatic carbocycles. The average Bonchev–Trinajstić information content (AvgIpc) is 3.02. The molecule has 0 aliphatic heterocycles. The van der Waals surface area contributed by atoms with Crippen LogP contribution in [-0.2, 0) is 0 Å². The first-order valence-electron chi connectivity index (χ1n) is 7.62. The Balaban J connectivity index is 1.94. The molecule has 0 amide bonds. The van der Waals surface area contributed by atoms with Crippen molar-refractivity contribution < 1.29 is 19.0 Å². The monoisotopic (exact) mass is 291 g/mol. The van der Waals surface area contributed by atoms with E-state index in [4.69, 9.17) is 4.74 Å². The van der Waals surface area contributed by atoms with Crippen molar-refractivity contribution in [2.75, 3.05) is 0 Å². The number of carbonyl (C=O) groups is 1. The fraction of sp³-hybridized carbons (Fsp3) is 0.588. The fourth-order valence-corrected chi connectivity index (χ4v) is 4.19. The number of benzene rings is 1. The lowest BCUT2D eigenvalue weighted by Gasteiger charge is -2.41. The van der Waals surface area contributed by atoms with Crippen molar-refractivity contribution in [2.24, 2.45) is 17.8 Å². The molecule has 1 aromatic rings. The van der Waals surface area contributed by atoms with E-state index in [0.29, 0.717) is 11.8 Å². The molecule has 2 fully saturated rings. The molecular weight excluding hydrogens is 271 g/mol. The van der Waals surface area contributed by atoms with Crippen LogP contribution in [0.15, 0.2) is 18.2 Å². The standard InChI is InChI=1S/C17H21FO3/c1-10(2)17(9-11-3-5-13(17)7-11)21-15-8-12(16(19)20)4-6-14(15)18/h4,6,8,10-11,13H,3,5,7,9H2,1-2H3,(H,19,20)/p-1. The lowest BCUT2D eigenvalue weighted by Crippen LogP contribution is -2.46. The summed E-state index contributed by atoms with van der Waals surface area (Å²) in [6, 6.07) is 3.60. The molecule has 4 heteroatoms. The summed E-state index contributed by atoms with van der Waals surface area (Å²) in [6.45, 7) is 4.20.